The van der Waals surface area contributed by atoms with Gasteiger partial charge in [0, 0.05) is 51.2 Å². The number of carbonyl (C=O) groups excluding carboxylic acids is 2. The van der Waals surface area contributed by atoms with Gasteiger partial charge in [0.15, 0.2) is 0 Å². The molecule has 0 bridgehead atoms. The molecule has 0 radical (unpaired) electrons. The van der Waals surface area contributed by atoms with Gasteiger partial charge in [0.1, 0.15) is 0 Å². The van der Waals surface area contributed by atoms with Gasteiger partial charge in [0.25, 0.3) is 11.8 Å². The lowest BCUT2D eigenvalue weighted by Gasteiger charge is -2.22. The van der Waals surface area contributed by atoms with Crippen LogP contribution in [-0.4, -0.2) is 52.4 Å². The fraction of sp³-hybridized carbons (Fsp3) is 0.400. The summed E-state index contributed by atoms with van der Waals surface area (Å²) in [5.41, 5.74) is 3.63. The van der Waals surface area contributed by atoms with Crippen LogP contribution >= 0.6 is 0 Å². The number of nitrogens with zero attached hydrogens (tertiary/aromatic N) is 3. The Morgan fingerprint density at radius 3 is 2.20 bits per heavy atom. The first-order valence-corrected chi connectivity index (χ1v) is 8.73. The summed E-state index contributed by atoms with van der Waals surface area (Å²) < 4.78 is 1.88. The minimum Gasteiger partial charge on any atom is -0.356 e. The molecular weight excluding hydrogens is 314 g/mol. The van der Waals surface area contributed by atoms with Crippen LogP contribution in [0.2, 0.25) is 0 Å². The molecule has 1 saturated heterocycles. The molecule has 2 aromatic rings. The lowest BCUT2D eigenvalue weighted by Crippen LogP contribution is -2.37. The van der Waals surface area contributed by atoms with Crippen molar-refractivity contribution in [3.63, 3.8) is 0 Å². The van der Waals surface area contributed by atoms with Crippen LogP contribution in [0.1, 0.15) is 38.3 Å². The Morgan fingerprint density at radius 1 is 0.920 bits per heavy atom. The van der Waals surface area contributed by atoms with Crippen LogP contribution in [0.15, 0.2) is 36.7 Å². The van der Waals surface area contributed by atoms with Crippen LogP contribution < -0.4 is 0 Å². The summed E-state index contributed by atoms with van der Waals surface area (Å²) in [6.07, 6.45) is 4.52. The van der Waals surface area contributed by atoms with Gasteiger partial charge in [0.05, 0.1) is 5.56 Å². The zero-order chi connectivity index (χ0) is 18.0. The SMILES string of the molecule is Cc1ccc(C(=O)N2CCCN(C(=O)c3ccn(C)c3)CC2)c(C)c1. The van der Waals surface area contributed by atoms with Crippen LogP contribution in [-0.2, 0) is 7.05 Å². The molecule has 3 rings (SSSR count). The summed E-state index contributed by atoms with van der Waals surface area (Å²) >= 11 is 0. The Bertz CT molecular complexity index is 794. The Kier molecular flexibility index (Phi) is 4.93. The highest BCUT2D eigenvalue weighted by Crippen LogP contribution is 2.16. The zero-order valence-corrected chi connectivity index (χ0v) is 15.2. The first-order chi connectivity index (χ1) is 12.0. The van der Waals surface area contributed by atoms with Crippen molar-refractivity contribution in [2.75, 3.05) is 26.2 Å². The van der Waals surface area contributed by atoms with E-state index in [2.05, 4.69) is 0 Å². The second-order valence-electron chi connectivity index (χ2n) is 6.82. The Labute approximate surface area is 148 Å². The maximum absolute atomic E-state index is 12.9. The molecule has 0 aliphatic carbocycles. The van der Waals surface area contributed by atoms with Crippen LogP contribution in [0.25, 0.3) is 0 Å². The lowest BCUT2D eigenvalue weighted by molar-refractivity contribution is 0.0718. The fourth-order valence-electron chi connectivity index (χ4n) is 3.36. The van der Waals surface area contributed by atoms with Gasteiger partial charge in [-0.2, -0.15) is 0 Å². The van der Waals surface area contributed by atoms with Crippen molar-refractivity contribution in [1.29, 1.82) is 0 Å². The number of hydrogen-bond donors (Lipinski definition) is 0. The summed E-state index contributed by atoms with van der Waals surface area (Å²) in [5.74, 6) is 0.105. The van der Waals surface area contributed by atoms with Crippen molar-refractivity contribution in [3.8, 4) is 0 Å². The fourth-order valence-corrected chi connectivity index (χ4v) is 3.36. The third kappa shape index (κ3) is 3.76. The zero-order valence-electron chi connectivity index (χ0n) is 15.2. The number of rotatable bonds is 2. The average molecular weight is 339 g/mol. The molecule has 2 amide bonds. The summed E-state index contributed by atoms with van der Waals surface area (Å²) in [4.78, 5) is 29.2. The van der Waals surface area contributed by atoms with Gasteiger partial charge in [-0.15, -0.1) is 0 Å². The summed E-state index contributed by atoms with van der Waals surface area (Å²) in [6.45, 7) is 6.52. The van der Waals surface area contributed by atoms with Crippen LogP contribution in [0.5, 0.6) is 0 Å². The van der Waals surface area contributed by atoms with Crippen molar-refractivity contribution in [2.24, 2.45) is 7.05 Å². The normalized spacial score (nSPS) is 15.2. The molecule has 0 unspecified atom stereocenters. The molecule has 0 saturated carbocycles. The third-order valence-corrected chi connectivity index (χ3v) is 4.76. The van der Waals surface area contributed by atoms with Gasteiger partial charge in [-0.3, -0.25) is 9.59 Å². The largest absolute Gasteiger partial charge is 0.356 e. The molecule has 1 aliphatic heterocycles. The molecule has 132 valence electrons. The molecule has 0 N–H and O–H groups in total. The average Bonchev–Trinajstić information content (AvgIpc) is 2.86. The van der Waals surface area contributed by atoms with E-state index in [1.54, 1.807) is 0 Å². The number of benzene rings is 1. The minimum absolute atomic E-state index is 0.0430. The van der Waals surface area contributed by atoms with Crippen molar-refractivity contribution >= 4 is 11.8 Å². The quantitative estimate of drug-likeness (QED) is 0.844. The number of carbonyl (C=O) groups is 2. The first-order valence-electron chi connectivity index (χ1n) is 8.73. The molecule has 0 atom stereocenters. The predicted molar refractivity (Wildman–Crippen MR) is 97.8 cm³/mol. The molecule has 2 heterocycles. The highest BCUT2D eigenvalue weighted by atomic mass is 16.2. The van der Waals surface area contributed by atoms with Crippen molar-refractivity contribution in [1.82, 2.24) is 14.4 Å². The van der Waals surface area contributed by atoms with E-state index in [-0.39, 0.29) is 11.8 Å². The maximum atomic E-state index is 12.9. The van der Waals surface area contributed by atoms with Crippen LogP contribution in [0.3, 0.4) is 0 Å². The van der Waals surface area contributed by atoms with Gasteiger partial charge in [-0.1, -0.05) is 17.7 Å². The van der Waals surface area contributed by atoms with E-state index >= 15 is 0 Å². The highest BCUT2D eigenvalue weighted by Gasteiger charge is 2.24. The second kappa shape index (κ2) is 7.13. The predicted octanol–water partition coefficient (Wildman–Crippen LogP) is 2.63. The van der Waals surface area contributed by atoms with E-state index in [1.807, 2.05) is 71.9 Å². The lowest BCUT2D eigenvalue weighted by atomic mass is 10.0. The Hall–Kier alpha value is -2.56. The van der Waals surface area contributed by atoms with E-state index in [9.17, 15) is 9.59 Å². The van der Waals surface area contributed by atoms with E-state index in [1.165, 1.54) is 0 Å². The molecule has 1 fully saturated rings. The molecule has 0 spiro atoms. The summed E-state index contributed by atoms with van der Waals surface area (Å²) in [5, 5.41) is 0. The maximum Gasteiger partial charge on any atom is 0.255 e. The number of hydrogen-bond acceptors (Lipinski definition) is 2. The molecule has 5 heteroatoms. The number of amides is 2. The number of aromatic nitrogens is 1. The standard InChI is InChI=1S/C20H25N3O2/c1-15-5-6-18(16(2)13-15)20(25)23-9-4-8-22(11-12-23)19(24)17-7-10-21(3)14-17/h5-7,10,13-14H,4,8-9,11-12H2,1-3H3. The second-order valence-corrected chi connectivity index (χ2v) is 6.82. The van der Waals surface area contributed by atoms with Crippen molar-refractivity contribution in [2.45, 2.75) is 20.3 Å². The molecule has 5 nitrogen and oxygen atoms in total. The highest BCUT2D eigenvalue weighted by molar-refractivity contribution is 5.96. The van der Waals surface area contributed by atoms with Gasteiger partial charge < -0.3 is 14.4 Å². The molecule has 1 aromatic carbocycles. The van der Waals surface area contributed by atoms with E-state index in [4.69, 9.17) is 0 Å². The molecule has 1 aromatic heterocycles. The summed E-state index contributed by atoms with van der Waals surface area (Å²) in [7, 11) is 1.91. The van der Waals surface area contributed by atoms with E-state index in [0.29, 0.717) is 31.7 Å². The van der Waals surface area contributed by atoms with Crippen LogP contribution in [0.4, 0.5) is 0 Å². The first kappa shape index (κ1) is 17.3. The topological polar surface area (TPSA) is 45.6 Å². The van der Waals surface area contributed by atoms with Gasteiger partial charge in [-0.05, 0) is 38.0 Å². The van der Waals surface area contributed by atoms with Gasteiger partial charge in [-0.25, -0.2) is 0 Å². The van der Waals surface area contributed by atoms with Gasteiger partial charge >= 0.3 is 0 Å². The van der Waals surface area contributed by atoms with E-state index < -0.39 is 0 Å². The van der Waals surface area contributed by atoms with Crippen molar-refractivity contribution in [3.05, 3.63) is 58.9 Å². The van der Waals surface area contributed by atoms with Gasteiger partial charge in [0.2, 0.25) is 0 Å². The number of aryl methyl sites for hydroxylation is 3. The minimum atomic E-state index is 0.0430. The summed E-state index contributed by atoms with van der Waals surface area (Å²) in [6, 6.07) is 7.76. The Morgan fingerprint density at radius 2 is 1.60 bits per heavy atom. The Balaban J connectivity index is 1.69. The van der Waals surface area contributed by atoms with Crippen molar-refractivity contribution < 1.29 is 9.59 Å². The molecule has 25 heavy (non-hydrogen) atoms. The monoisotopic (exact) mass is 339 g/mol. The third-order valence-electron chi connectivity index (χ3n) is 4.76. The molecule has 1 aliphatic rings. The molecular formula is C20H25N3O2. The van der Waals surface area contributed by atoms with E-state index in [0.717, 1.165) is 23.1 Å². The smallest absolute Gasteiger partial charge is 0.255 e. The van der Waals surface area contributed by atoms with Crippen LogP contribution in [0, 0.1) is 13.8 Å².